The minimum Gasteiger partial charge on any atom is -0.345 e. The van der Waals surface area contributed by atoms with E-state index in [0.29, 0.717) is 25.2 Å². The van der Waals surface area contributed by atoms with Gasteiger partial charge in [0.25, 0.3) is 5.91 Å². The monoisotopic (exact) mass is 407 g/mol. The van der Waals surface area contributed by atoms with Crippen molar-refractivity contribution in [3.8, 4) is 0 Å². The first-order chi connectivity index (χ1) is 14.6. The number of rotatable bonds is 8. The van der Waals surface area contributed by atoms with Gasteiger partial charge in [-0.05, 0) is 24.3 Å². The van der Waals surface area contributed by atoms with E-state index >= 15 is 0 Å². The highest BCUT2D eigenvalue weighted by atomic mass is 19.1. The summed E-state index contributed by atoms with van der Waals surface area (Å²) in [7, 11) is 1.84. The molecular formula is C21H22FN7O. The Bertz CT molecular complexity index is 1130. The van der Waals surface area contributed by atoms with Crippen LogP contribution in [0.4, 0.5) is 4.39 Å². The first-order valence-electron chi connectivity index (χ1n) is 9.64. The number of hydrogen-bond donors (Lipinski definition) is 3. The lowest BCUT2D eigenvalue weighted by atomic mass is 10.3. The average molecular weight is 407 g/mol. The zero-order chi connectivity index (χ0) is 20.9. The van der Waals surface area contributed by atoms with Gasteiger partial charge in [0.15, 0.2) is 0 Å². The quantitative estimate of drug-likeness (QED) is 0.389. The zero-order valence-corrected chi connectivity index (χ0v) is 16.5. The molecule has 0 spiro atoms. The van der Waals surface area contributed by atoms with Crippen LogP contribution in [0.15, 0.2) is 48.8 Å². The molecule has 3 aromatic heterocycles. The third-order valence-corrected chi connectivity index (χ3v) is 4.71. The van der Waals surface area contributed by atoms with Crippen molar-refractivity contribution >= 4 is 16.9 Å². The van der Waals surface area contributed by atoms with Gasteiger partial charge in [-0.25, -0.2) is 14.4 Å². The molecule has 0 aliphatic carbocycles. The van der Waals surface area contributed by atoms with E-state index in [1.54, 1.807) is 6.20 Å². The van der Waals surface area contributed by atoms with Crippen LogP contribution in [0.2, 0.25) is 0 Å². The lowest BCUT2D eigenvalue weighted by Crippen LogP contribution is -2.24. The summed E-state index contributed by atoms with van der Waals surface area (Å²) in [6.07, 6.45) is 3.80. The van der Waals surface area contributed by atoms with Gasteiger partial charge in [-0.1, -0.05) is 12.1 Å². The standard InChI is InChI=1S/C21H22FN7O/c1-29-13-18(21(30)25-11-17-14(22)5-4-9-24-17)28-20(29)8-10-23-12-19-26-15-6-2-3-7-16(15)27-19/h2-7,9,13,23H,8,10-12H2,1H3,(H,25,30)(H,26,27). The fourth-order valence-corrected chi connectivity index (χ4v) is 3.15. The number of para-hydroxylation sites is 2. The van der Waals surface area contributed by atoms with Gasteiger partial charge in [0.05, 0.1) is 29.8 Å². The highest BCUT2D eigenvalue weighted by Gasteiger charge is 2.13. The number of carbonyl (C=O) groups excluding carboxylic acids is 1. The van der Waals surface area contributed by atoms with Crippen LogP contribution in [0.25, 0.3) is 11.0 Å². The fraction of sp³-hybridized carbons (Fsp3) is 0.238. The maximum atomic E-state index is 13.6. The maximum Gasteiger partial charge on any atom is 0.271 e. The topological polar surface area (TPSA) is 101 Å². The molecule has 0 aliphatic rings. The van der Waals surface area contributed by atoms with E-state index in [1.165, 1.54) is 18.3 Å². The van der Waals surface area contributed by atoms with E-state index in [-0.39, 0.29) is 18.1 Å². The summed E-state index contributed by atoms with van der Waals surface area (Å²) in [6.45, 7) is 1.31. The van der Waals surface area contributed by atoms with Crippen LogP contribution in [-0.2, 0) is 26.6 Å². The average Bonchev–Trinajstić information content (AvgIpc) is 3.33. The van der Waals surface area contributed by atoms with E-state index in [0.717, 1.165) is 22.7 Å². The van der Waals surface area contributed by atoms with Gasteiger partial charge in [0.1, 0.15) is 23.2 Å². The normalized spacial score (nSPS) is 11.1. The molecule has 30 heavy (non-hydrogen) atoms. The molecule has 9 heteroatoms. The molecule has 0 aliphatic heterocycles. The molecule has 8 nitrogen and oxygen atoms in total. The number of imidazole rings is 2. The van der Waals surface area contributed by atoms with Crippen LogP contribution >= 0.6 is 0 Å². The Morgan fingerprint density at radius 3 is 2.87 bits per heavy atom. The zero-order valence-electron chi connectivity index (χ0n) is 16.5. The van der Waals surface area contributed by atoms with Crippen LogP contribution in [0.5, 0.6) is 0 Å². The van der Waals surface area contributed by atoms with Crippen LogP contribution in [0, 0.1) is 5.82 Å². The second kappa shape index (κ2) is 8.83. The van der Waals surface area contributed by atoms with Gasteiger partial charge < -0.3 is 20.2 Å². The fourth-order valence-electron chi connectivity index (χ4n) is 3.15. The van der Waals surface area contributed by atoms with Gasteiger partial charge in [0, 0.05) is 32.4 Å². The summed E-state index contributed by atoms with van der Waals surface area (Å²) >= 11 is 0. The van der Waals surface area contributed by atoms with Crippen molar-refractivity contribution in [1.82, 2.24) is 35.1 Å². The van der Waals surface area contributed by atoms with E-state index in [1.807, 2.05) is 35.9 Å². The minimum atomic E-state index is -0.449. The Morgan fingerprint density at radius 2 is 2.03 bits per heavy atom. The summed E-state index contributed by atoms with van der Waals surface area (Å²) in [5, 5.41) is 5.98. The number of carbonyl (C=O) groups is 1. The summed E-state index contributed by atoms with van der Waals surface area (Å²) in [5.41, 5.74) is 2.44. The highest BCUT2D eigenvalue weighted by Crippen LogP contribution is 2.10. The van der Waals surface area contributed by atoms with Crippen molar-refractivity contribution in [2.45, 2.75) is 19.5 Å². The minimum absolute atomic E-state index is 0.0104. The number of halogens is 1. The Morgan fingerprint density at radius 1 is 1.17 bits per heavy atom. The number of benzene rings is 1. The van der Waals surface area contributed by atoms with Gasteiger partial charge >= 0.3 is 0 Å². The van der Waals surface area contributed by atoms with E-state index in [2.05, 4.69) is 30.6 Å². The van der Waals surface area contributed by atoms with Crippen molar-refractivity contribution in [3.63, 3.8) is 0 Å². The van der Waals surface area contributed by atoms with Gasteiger partial charge in [-0.2, -0.15) is 0 Å². The lowest BCUT2D eigenvalue weighted by Gasteiger charge is -2.03. The molecule has 1 aromatic carbocycles. The number of fused-ring (bicyclic) bond motifs is 1. The number of H-pyrrole nitrogens is 1. The van der Waals surface area contributed by atoms with E-state index in [4.69, 9.17) is 0 Å². The number of nitrogens with zero attached hydrogens (tertiary/aromatic N) is 4. The number of amides is 1. The summed E-state index contributed by atoms with van der Waals surface area (Å²) in [6, 6.07) is 10.7. The van der Waals surface area contributed by atoms with E-state index < -0.39 is 5.82 Å². The molecule has 3 N–H and O–H groups in total. The van der Waals surface area contributed by atoms with Crippen LogP contribution in [-0.4, -0.2) is 37.0 Å². The van der Waals surface area contributed by atoms with Crippen molar-refractivity contribution in [3.05, 3.63) is 77.6 Å². The molecule has 0 unspecified atom stereocenters. The van der Waals surface area contributed by atoms with Crippen molar-refractivity contribution in [2.75, 3.05) is 6.54 Å². The Labute approximate surface area is 172 Å². The summed E-state index contributed by atoms with van der Waals surface area (Å²) < 4.78 is 15.4. The number of aromatic nitrogens is 5. The third-order valence-electron chi connectivity index (χ3n) is 4.71. The highest BCUT2D eigenvalue weighted by molar-refractivity contribution is 5.92. The molecule has 154 valence electrons. The molecule has 3 heterocycles. The molecule has 0 bridgehead atoms. The van der Waals surface area contributed by atoms with Crippen molar-refractivity contribution < 1.29 is 9.18 Å². The predicted molar refractivity (Wildman–Crippen MR) is 110 cm³/mol. The summed E-state index contributed by atoms with van der Waals surface area (Å²) in [5.74, 6) is 0.839. The SMILES string of the molecule is Cn1cc(C(=O)NCc2ncccc2F)nc1CCNCc1nc2ccccc2[nH]1. The Kier molecular flexibility index (Phi) is 5.80. The first kappa shape index (κ1) is 19.7. The van der Waals surface area contributed by atoms with Gasteiger partial charge in [0.2, 0.25) is 0 Å². The maximum absolute atomic E-state index is 13.6. The van der Waals surface area contributed by atoms with Gasteiger partial charge in [-0.3, -0.25) is 9.78 Å². The molecule has 0 saturated heterocycles. The number of hydrogen-bond acceptors (Lipinski definition) is 5. The first-order valence-corrected chi connectivity index (χ1v) is 9.64. The number of nitrogens with one attached hydrogen (secondary N) is 3. The second-order valence-electron chi connectivity index (χ2n) is 6.90. The predicted octanol–water partition coefficient (Wildman–Crippen LogP) is 2.09. The van der Waals surface area contributed by atoms with Crippen molar-refractivity contribution in [1.29, 1.82) is 0 Å². The molecule has 0 saturated carbocycles. The van der Waals surface area contributed by atoms with Crippen LogP contribution < -0.4 is 10.6 Å². The molecule has 0 radical (unpaired) electrons. The molecular weight excluding hydrogens is 385 g/mol. The Balaban J connectivity index is 1.28. The van der Waals surface area contributed by atoms with E-state index in [9.17, 15) is 9.18 Å². The van der Waals surface area contributed by atoms with Crippen LogP contribution in [0.1, 0.15) is 27.8 Å². The number of aryl methyl sites for hydroxylation is 1. The van der Waals surface area contributed by atoms with Crippen LogP contribution in [0.3, 0.4) is 0 Å². The number of pyridine rings is 1. The molecule has 0 fully saturated rings. The molecule has 4 aromatic rings. The lowest BCUT2D eigenvalue weighted by molar-refractivity contribution is 0.0945. The molecule has 1 amide bonds. The smallest absolute Gasteiger partial charge is 0.271 e. The van der Waals surface area contributed by atoms with Crippen molar-refractivity contribution in [2.24, 2.45) is 7.05 Å². The Hall–Kier alpha value is -3.59. The largest absolute Gasteiger partial charge is 0.345 e. The van der Waals surface area contributed by atoms with Gasteiger partial charge in [-0.15, -0.1) is 0 Å². The summed E-state index contributed by atoms with van der Waals surface area (Å²) in [4.78, 5) is 28.5. The third kappa shape index (κ3) is 4.52. The molecule has 4 rings (SSSR count). The number of aromatic amines is 1. The second-order valence-corrected chi connectivity index (χ2v) is 6.90. The molecule has 0 atom stereocenters.